The highest BCUT2D eigenvalue weighted by atomic mass is 31.2. The van der Waals surface area contributed by atoms with Gasteiger partial charge in [-0.1, -0.05) is 280 Å². The van der Waals surface area contributed by atoms with Gasteiger partial charge in [-0.05, 0) is 109 Å². The van der Waals surface area contributed by atoms with Crippen LogP contribution in [0, 0.1) is 0 Å². The summed E-state index contributed by atoms with van der Waals surface area (Å²) in [5.74, 6) is -0.510. The second-order valence-electron chi connectivity index (χ2n) is 24.7. The fourth-order valence-corrected chi connectivity index (χ4v) is 10.6. The summed E-state index contributed by atoms with van der Waals surface area (Å²) in [5.41, 5.74) is 0. The van der Waals surface area contributed by atoms with E-state index >= 15 is 0 Å². The first-order chi connectivity index (χ1) is 40.4. The highest BCUT2D eigenvalue weighted by Gasteiger charge is 2.30. The van der Waals surface area contributed by atoms with Crippen molar-refractivity contribution in [2.45, 2.75) is 328 Å². The number of amides is 1. The van der Waals surface area contributed by atoms with Crippen LogP contribution in [0.1, 0.15) is 316 Å². The Morgan fingerprint density at radius 1 is 0.422 bits per heavy atom. The van der Waals surface area contributed by atoms with Crippen LogP contribution in [0.3, 0.4) is 0 Å². The van der Waals surface area contributed by atoms with Crippen molar-refractivity contribution in [1.82, 2.24) is 5.32 Å². The second kappa shape index (κ2) is 62.2. The monoisotopic (exact) mass is 1180 g/mol. The zero-order valence-electron chi connectivity index (χ0n) is 55.2. The van der Waals surface area contributed by atoms with Crippen LogP contribution in [0.15, 0.2) is 85.1 Å². The molecule has 3 atom stereocenters. The number of likely N-dealkylation sites (N-methyl/N-ethyl adjacent to an activating group) is 1. The third-order valence-electron chi connectivity index (χ3n) is 15.3. The maximum atomic E-state index is 13.6. The molecule has 2 N–H and O–H groups in total. The summed E-state index contributed by atoms with van der Waals surface area (Å²) in [4.78, 5) is 37.9. The van der Waals surface area contributed by atoms with Gasteiger partial charge in [-0.2, -0.15) is 0 Å². The van der Waals surface area contributed by atoms with Gasteiger partial charge in [0.25, 0.3) is 0 Å². The van der Waals surface area contributed by atoms with E-state index in [2.05, 4.69) is 99.0 Å². The van der Waals surface area contributed by atoms with Gasteiger partial charge in [-0.25, -0.2) is 4.57 Å². The maximum Gasteiger partial charge on any atom is 0.472 e. The molecule has 0 rings (SSSR count). The van der Waals surface area contributed by atoms with Gasteiger partial charge in [0, 0.05) is 12.8 Å². The Hall–Kier alpha value is -2.81. The Labute approximate surface area is 514 Å². The maximum absolute atomic E-state index is 13.6. The molecule has 0 aromatic heterocycles. The average Bonchev–Trinajstić information content (AvgIpc) is 3.51. The van der Waals surface area contributed by atoms with Gasteiger partial charge in [0.05, 0.1) is 33.8 Å². The lowest BCUT2D eigenvalue weighted by molar-refractivity contribution is -0.870. The van der Waals surface area contributed by atoms with Crippen LogP contribution in [0.25, 0.3) is 0 Å². The van der Waals surface area contributed by atoms with Crippen molar-refractivity contribution in [2.24, 2.45) is 0 Å². The molecule has 0 saturated carbocycles. The molecule has 0 aliphatic carbocycles. The van der Waals surface area contributed by atoms with E-state index in [-0.39, 0.29) is 31.5 Å². The molecule has 0 spiro atoms. The number of unbranched alkanes of at least 4 members (excludes halogenated alkanes) is 35. The largest absolute Gasteiger partial charge is 0.472 e. The topological polar surface area (TPSA) is 111 Å². The molecule has 0 saturated heterocycles. The average molecular weight is 1180 g/mol. The van der Waals surface area contributed by atoms with Crippen LogP contribution in [-0.2, 0) is 27.9 Å². The van der Waals surface area contributed by atoms with Crippen molar-refractivity contribution >= 4 is 19.7 Å². The molecular weight excluding hydrogens is 1050 g/mol. The fraction of sp³-hybridized carbons (Fsp3) is 0.781. The Morgan fingerprint density at radius 2 is 0.735 bits per heavy atom. The molecule has 0 aromatic rings. The van der Waals surface area contributed by atoms with Crippen molar-refractivity contribution in [1.29, 1.82) is 0 Å². The number of quaternary nitrogens is 1. The summed E-state index contributed by atoms with van der Waals surface area (Å²) < 4.78 is 30.8. The lowest BCUT2D eigenvalue weighted by Crippen LogP contribution is -2.47. The standard InChI is InChI=1S/C73H133N2O7P/c1-7-10-13-16-19-22-25-27-29-31-33-35-36-37-38-40-41-43-45-47-50-53-56-59-62-65-72(76)74-70(69-81-83(78,79)80-68-67-75(4,5)6)71(64-61-58-55-52-49-24-21-18-15-12-9-3)82-73(77)66-63-60-57-54-51-48-46-44-42-39-34-32-30-28-26-23-20-17-14-11-8-2/h19-20,22-23,27-30,33,35,37-38,61,64,70-71H,7-18,21,24-26,31-32,34,36,39-60,62-63,65-69H2,1-6H3,(H-,74,76,78,79)/p+1/b22-19-,23-20-,29-27-,30-28-,35-33-,38-37-,64-61-. The lowest BCUT2D eigenvalue weighted by atomic mass is 10.0. The minimum atomic E-state index is -4.46. The van der Waals surface area contributed by atoms with Crippen LogP contribution in [0.5, 0.6) is 0 Å². The second-order valence-corrected chi connectivity index (χ2v) is 26.1. The first-order valence-corrected chi connectivity index (χ1v) is 36.4. The molecule has 0 fully saturated rings. The predicted octanol–water partition coefficient (Wildman–Crippen LogP) is 22.1. The molecule has 83 heavy (non-hydrogen) atoms. The molecule has 482 valence electrons. The number of esters is 1. The number of nitrogens with zero attached hydrogens (tertiary/aromatic N) is 1. The number of nitrogens with one attached hydrogen (secondary N) is 1. The van der Waals surface area contributed by atoms with Gasteiger partial charge in [0.15, 0.2) is 0 Å². The number of ether oxygens (including phenoxy) is 1. The molecule has 0 aliphatic rings. The van der Waals surface area contributed by atoms with Gasteiger partial charge in [0.1, 0.15) is 19.3 Å². The van der Waals surface area contributed by atoms with Crippen LogP contribution >= 0.6 is 7.82 Å². The van der Waals surface area contributed by atoms with Gasteiger partial charge in [-0.3, -0.25) is 18.6 Å². The minimum Gasteiger partial charge on any atom is -0.456 e. The van der Waals surface area contributed by atoms with E-state index in [0.717, 1.165) is 96.3 Å². The molecular formula is C73H134N2O7P+. The highest BCUT2D eigenvalue weighted by Crippen LogP contribution is 2.43. The number of allylic oxidation sites excluding steroid dienone is 13. The van der Waals surface area contributed by atoms with E-state index in [1.165, 1.54) is 186 Å². The van der Waals surface area contributed by atoms with Gasteiger partial charge in [0.2, 0.25) is 5.91 Å². The number of hydrogen-bond acceptors (Lipinski definition) is 6. The summed E-state index contributed by atoms with van der Waals surface area (Å²) in [7, 11) is 1.49. The molecule has 0 aromatic carbocycles. The number of rotatable bonds is 63. The Bertz CT molecular complexity index is 1700. The number of carbonyl (C=O) groups is 2. The van der Waals surface area contributed by atoms with Crippen LogP contribution < -0.4 is 5.32 Å². The molecule has 0 aliphatic heterocycles. The lowest BCUT2D eigenvalue weighted by Gasteiger charge is -2.27. The zero-order valence-corrected chi connectivity index (χ0v) is 56.1. The van der Waals surface area contributed by atoms with Crippen molar-refractivity contribution in [3.8, 4) is 0 Å². The fourth-order valence-electron chi connectivity index (χ4n) is 9.90. The van der Waals surface area contributed by atoms with Gasteiger partial charge >= 0.3 is 13.8 Å². The number of phosphoric ester groups is 1. The third-order valence-corrected chi connectivity index (χ3v) is 16.3. The first kappa shape index (κ1) is 80.2. The van der Waals surface area contributed by atoms with Crippen LogP contribution in [0.2, 0.25) is 0 Å². The first-order valence-electron chi connectivity index (χ1n) is 34.9. The summed E-state index contributed by atoms with van der Waals surface area (Å²) in [5, 5.41) is 3.06. The Morgan fingerprint density at radius 3 is 1.12 bits per heavy atom. The number of phosphoric acid groups is 1. The molecule has 9 nitrogen and oxygen atoms in total. The zero-order chi connectivity index (χ0) is 60.7. The van der Waals surface area contributed by atoms with Crippen molar-refractivity contribution in [2.75, 3.05) is 40.9 Å². The smallest absolute Gasteiger partial charge is 0.456 e. The van der Waals surface area contributed by atoms with E-state index < -0.39 is 20.0 Å². The van der Waals surface area contributed by atoms with Crippen LogP contribution in [0.4, 0.5) is 0 Å². The SMILES string of the molecule is CCCCC/C=C\C/C=C\C/C=C\C/C=C\CCCCCCCCCCCC(=O)NC(COP(=O)(O)OCC[N+](C)(C)C)C(/C=C\CCCCCCCCCCC)OC(=O)CCCCCCCCCCCCC/C=C\C/C=C\CCCCC. The van der Waals surface area contributed by atoms with Crippen molar-refractivity contribution in [3.05, 3.63) is 85.1 Å². The van der Waals surface area contributed by atoms with Gasteiger partial charge in [-0.15, -0.1) is 0 Å². The van der Waals surface area contributed by atoms with Crippen molar-refractivity contribution < 1.29 is 37.3 Å². The molecule has 10 heteroatoms. The molecule has 1 amide bonds. The van der Waals surface area contributed by atoms with Gasteiger partial charge < -0.3 is 19.4 Å². The molecule has 0 bridgehead atoms. The highest BCUT2D eigenvalue weighted by molar-refractivity contribution is 7.47. The predicted molar refractivity (Wildman–Crippen MR) is 360 cm³/mol. The normalized spacial score (nSPS) is 14.1. The number of carbonyl (C=O) groups excluding carboxylic acids is 2. The van der Waals surface area contributed by atoms with Crippen molar-refractivity contribution in [3.63, 3.8) is 0 Å². The molecule has 3 unspecified atom stereocenters. The van der Waals surface area contributed by atoms with Crippen LogP contribution in [-0.4, -0.2) is 74.3 Å². The summed E-state index contributed by atoms with van der Waals surface area (Å²) in [6.45, 7) is 6.97. The van der Waals surface area contributed by atoms with E-state index in [9.17, 15) is 19.0 Å². The van der Waals surface area contributed by atoms with E-state index in [1.54, 1.807) is 0 Å². The Balaban J connectivity index is 5.07. The van der Waals surface area contributed by atoms with E-state index in [0.29, 0.717) is 17.4 Å². The molecule has 0 radical (unpaired) electrons. The third kappa shape index (κ3) is 63.5. The summed E-state index contributed by atoms with van der Waals surface area (Å²) in [6, 6.07) is -0.857. The minimum absolute atomic E-state index is 0.0361. The number of hydrogen-bond donors (Lipinski definition) is 2. The van der Waals surface area contributed by atoms with E-state index in [4.69, 9.17) is 13.8 Å². The van der Waals surface area contributed by atoms with E-state index in [1.807, 2.05) is 33.3 Å². The molecule has 0 heterocycles. The quantitative estimate of drug-likeness (QED) is 0.0205. The summed E-state index contributed by atoms with van der Waals surface area (Å²) in [6.07, 6.45) is 83.0. The summed E-state index contributed by atoms with van der Waals surface area (Å²) >= 11 is 0. The Kier molecular flexibility index (Phi) is 60.1.